The fourth-order valence-corrected chi connectivity index (χ4v) is 2.73. The maximum absolute atomic E-state index is 12.9. The van der Waals surface area contributed by atoms with Crippen LogP contribution in [0.5, 0.6) is 0 Å². The van der Waals surface area contributed by atoms with Crippen molar-refractivity contribution in [2.24, 2.45) is 27.9 Å². The number of hydrogen-bond donors (Lipinski definition) is 10. The molecule has 0 heterocycles. The molecule has 0 fully saturated rings. The molecule has 0 bridgehead atoms. The molecule has 36 heavy (non-hydrogen) atoms. The van der Waals surface area contributed by atoms with Gasteiger partial charge in [-0.15, -0.1) is 0 Å². The summed E-state index contributed by atoms with van der Waals surface area (Å²) < 4.78 is 0. The van der Waals surface area contributed by atoms with E-state index in [4.69, 9.17) is 33.1 Å². The van der Waals surface area contributed by atoms with Crippen molar-refractivity contribution in [3.8, 4) is 0 Å². The molecule has 0 rings (SSSR count). The minimum atomic E-state index is -1.82. The van der Waals surface area contributed by atoms with E-state index in [2.05, 4.69) is 15.6 Å². The first kappa shape index (κ1) is 32.0. The van der Waals surface area contributed by atoms with Gasteiger partial charge in [0.1, 0.15) is 24.2 Å². The lowest BCUT2D eigenvalue weighted by Crippen LogP contribution is -2.58. The molecule has 0 saturated carbocycles. The largest absolute Gasteiger partial charge is 0.481 e. The molecule has 0 aliphatic rings. The Hall–Kier alpha value is -3.99. The van der Waals surface area contributed by atoms with E-state index >= 15 is 0 Å². The fourth-order valence-electron chi connectivity index (χ4n) is 2.73. The van der Waals surface area contributed by atoms with Gasteiger partial charge in [-0.1, -0.05) is 0 Å². The van der Waals surface area contributed by atoms with Crippen LogP contribution in [0, 0.1) is 0 Å². The molecule has 0 saturated heterocycles. The summed E-state index contributed by atoms with van der Waals surface area (Å²) in [5.74, 6) is -7.05. The highest BCUT2D eigenvalue weighted by Crippen LogP contribution is 2.05. The van der Waals surface area contributed by atoms with Crippen LogP contribution in [0.1, 0.15) is 39.0 Å². The molecular formula is C19H34N8O9. The Morgan fingerprint density at radius 2 is 1.33 bits per heavy atom. The average Bonchev–Trinajstić information content (AvgIpc) is 2.76. The molecule has 0 aromatic heterocycles. The Morgan fingerprint density at radius 3 is 1.78 bits per heavy atom. The Kier molecular flexibility index (Phi) is 14.1. The van der Waals surface area contributed by atoms with Gasteiger partial charge in [0.25, 0.3) is 0 Å². The number of hydrogen-bond acceptors (Lipinski definition) is 9. The summed E-state index contributed by atoms with van der Waals surface area (Å²) in [6.07, 6.45) is -2.78. The van der Waals surface area contributed by atoms with Gasteiger partial charge in [-0.25, -0.2) is 4.79 Å². The second-order valence-corrected chi connectivity index (χ2v) is 7.84. The monoisotopic (exact) mass is 518 g/mol. The van der Waals surface area contributed by atoms with Crippen LogP contribution in [-0.4, -0.2) is 93.7 Å². The number of guanidine groups is 1. The molecule has 0 spiro atoms. The number of primary amides is 1. The van der Waals surface area contributed by atoms with Crippen molar-refractivity contribution in [1.29, 1.82) is 0 Å². The molecule has 5 atom stereocenters. The molecule has 0 aromatic carbocycles. The lowest BCUT2D eigenvalue weighted by molar-refractivity contribution is -0.147. The average molecular weight is 519 g/mol. The molecule has 4 amide bonds. The zero-order chi connectivity index (χ0) is 28.0. The summed E-state index contributed by atoms with van der Waals surface area (Å²) >= 11 is 0. The van der Waals surface area contributed by atoms with Gasteiger partial charge in [0.15, 0.2) is 5.96 Å². The van der Waals surface area contributed by atoms with Gasteiger partial charge < -0.3 is 54.2 Å². The smallest absolute Gasteiger partial charge is 0.326 e. The Balaban J connectivity index is 5.70. The van der Waals surface area contributed by atoms with Crippen LogP contribution in [0.2, 0.25) is 0 Å². The van der Waals surface area contributed by atoms with Crippen LogP contribution in [0.25, 0.3) is 0 Å². The number of aliphatic hydroxyl groups is 1. The van der Waals surface area contributed by atoms with Crippen molar-refractivity contribution in [3.05, 3.63) is 0 Å². The van der Waals surface area contributed by atoms with Gasteiger partial charge in [0.05, 0.1) is 12.5 Å². The van der Waals surface area contributed by atoms with E-state index in [1.54, 1.807) is 0 Å². The molecule has 17 nitrogen and oxygen atoms in total. The molecular weight excluding hydrogens is 484 g/mol. The van der Waals surface area contributed by atoms with Crippen LogP contribution in [0.3, 0.4) is 0 Å². The van der Waals surface area contributed by atoms with E-state index in [9.17, 15) is 33.9 Å². The first-order valence-corrected chi connectivity index (χ1v) is 10.8. The minimum absolute atomic E-state index is 0.0399. The van der Waals surface area contributed by atoms with Crippen molar-refractivity contribution < 1.29 is 44.1 Å². The molecule has 0 aromatic rings. The van der Waals surface area contributed by atoms with E-state index in [0.717, 1.165) is 0 Å². The predicted octanol–water partition coefficient (Wildman–Crippen LogP) is -4.97. The van der Waals surface area contributed by atoms with E-state index in [1.165, 1.54) is 6.92 Å². The van der Waals surface area contributed by atoms with Gasteiger partial charge in [-0.05, 0) is 26.2 Å². The van der Waals surface area contributed by atoms with Crippen molar-refractivity contribution in [3.63, 3.8) is 0 Å². The van der Waals surface area contributed by atoms with E-state index in [0.29, 0.717) is 0 Å². The second-order valence-electron chi connectivity index (χ2n) is 7.84. The number of carboxylic acids is 2. The number of carbonyl (C=O) groups is 6. The van der Waals surface area contributed by atoms with Crippen LogP contribution in [0.4, 0.5) is 0 Å². The number of nitrogens with one attached hydrogen (secondary N) is 3. The Bertz CT molecular complexity index is 845. The van der Waals surface area contributed by atoms with Gasteiger partial charge >= 0.3 is 11.9 Å². The van der Waals surface area contributed by atoms with Crippen molar-refractivity contribution in [2.75, 3.05) is 6.54 Å². The van der Waals surface area contributed by atoms with Crippen LogP contribution < -0.4 is 38.9 Å². The third-order valence-corrected chi connectivity index (χ3v) is 4.71. The number of aliphatic imine (C=N–C) groups is 1. The normalized spacial score (nSPS) is 14.8. The highest BCUT2D eigenvalue weighted by atomic mass is 16.4. The van der Waals surface area contributed by atoms with E-state index < -0.39 is 72.3 Å². The number of rotatable bonds is 17. The standard InChI is InChI=1S/C19H34N8O9/c1-8(28)14(21)17(34)26-9(3-2-6-24-19(22)23)15(32)25-10(4-5-12(20)29)16(33)27-11(18(35)36)7-13(30)31/h8-11,14,28H,2-7,21H2,1H3,(H2,20,29)(H,25,32)(H,26,34)(H,27,33)(H,30,31)(H,35,36)(H4,22,23,24). The first-order valence-electron chi connectivity index (χ1n) is 10.8. The SMILES string of the molecule is CC(O)C(N)C(=O)NC(CCCN=C(N)N)C(=O)NC(CCC(N)=O)C(=O)NC(CC(=O)O)C(=O)O. The number of carbonyl (C=O) groups excluding carboxylic acids is 4. The second kappa shape index (κ2) is 15.8. The number of aliphatic hydroxyl groups excluding tert-OH is 1. The molecule has 0 aliphatic heterocycles. The summed E-state index contributed by atoms with van der Waals surface area (Å²) in [4.78, 5) is 75.0. The number of amides is 4. The molecule has 14 N–H and O–H groups in total. The summed E-state index contributed by atoms with van der Waals surface area (Å²) in [5, 5.41) is 34.1. The Labute approximate surface area is 206 Å². The lowest BCUT2D eigenvalue weighted by atomic mass is 10.1. The van der Waals surface area contributed by atoms with Gasteiger partial charge in [0, 0.05) is 13.0 Å². The summed E-state index contributed by atoms with van der Waals surface area (Å²) in [6, 6.07) is -6.00. The molecule has 204 valence electrons. The maximum atomic E-state index is 12.9. The molecule has 5 unspecified atom stereocenters. The van der Waals surface area contributed by atoms with Gasteiger partial charge in [0.2, 0.25) is 23.6 Å². The highest BCUT2D eigenvalue weighted by molar-refractivity contribution is 5.95. The lowest BCUT2D eigenvalue weighted by Gasteiger charge is -2.25. The van der Waals surface area contributed by atoms with Crippen molar-refractivity contribution in [1.82, 2.24) is 16.0 Å². The maximum Gasteiger partial charge on any atom is 0.326 e. The van der Waals surface area contributed by atoms with Crippen LogP contribution >= 0.6 is 0 Å². The molecule has 0 aliphatic carbocycles. The third kappa shape index (κ3) is 13.0. The number of aliphatic carboxylic acids is 2. The Morgan fingerprint density at radius 1 is 0.833 bits per heavy atom. The fraction of sp³-hybridized carbons (Fsp3) is 0.632. The zero-order valence-corrected chi connectivity index (χ0v) is 19.7. The van der Waals surface area contributed by atoms with Crippen LogP contribution in [0.15, 0.2) is 4.99 Å². The topological polar surface area (TPSA) is 316 Å². The predicted molar refractivity (Wildman–Crippen MR) is 124 cm³/mol. The summed E-state index contributed by atoms with van der Waals surface area (Å²) in [6.45, 7) is 1.35. The third-order valence-electron chi connectivity index (χ3n) is 4.71. The van der Waals surface area contributed by atoms with Crippen molar-refractivity contribution >= 4 is 41.5 Å². The molecule has 0 radical (unpaired) electrons. The molecule has 17 heteroatoms. The number of nitrogens with zero attached hydrogens (tertiary/aromatic N) is 1. The first-order chi connectivity index (χ1) is 16.6. The van der Waals surface area contributed by atoms with Gasteiger partial charge in [-0.2, -0.15) is 0 Å². The highest BCUT2D eigenvalue weighted by Gasteiger charge is 2.31. The van der Waals surface area contributed by atoms with Crippen molar-refractivity contribution in [2.45, 2.75) is 69.3 Å². The zero-order valence-electron chi connectivity index (χ0n) is 19.7. The number of carboxylic acid groups (broad SMARTS) is 2. The minimum Gasteiger partial charge on any atom is -0.481 e. The van der Waals surface area contributed by atoms with E-state index in [-0.39, 0.29) is 38.2 Å². The summed E-state index contributed by atoms with van der Waals surface area (Å²) in [5.41, 5.74) is 21.2. The van der Waals surface area contributed by atoms with E-state index in [1.807, 2.05) is 5.32 Å². The number of nitrogens with two attached hydrogens (primary N) is 4. The van der Waals surface area contributed by atoms with Crippen LogP contribution in [-0.2, 0) is 28.8 Å². The summed E-state index contributed by atoms with van der Waals surface area (Å²) in [7, 11) is 0. The quantitative estimate of drug-likeness (QED) is 0.0491. The van der Waals surface area contributed by atoms with Gasteiger partial charge in [-0.3, -0.25) is 29.0 Å².